The molecule has 2 N–H and O–H groups in total. The summed E-state index contributed by atoms with van der Waals surface area (Å²) in [5, 5.41) is 18.2. The number of H-pyrrole nitrogens is 1. The highest BCUT2D eigenvalue weighted by molar-refractivity contribution is 7.10. The predicted molar refractivity (Wildman–Crippen MR) is 81.1 cm³/mol. The van der Waals surface area contributed by atoms with E-state index in [4.69, 9.17) is 11.6 Å². The maximum atomic E-state index is 11.2. The van der Waals surface area contributed by atoms with Crippen LogP contribution in [0.3, 0.4) is 0 Å². The molecular weight excluding hydrogens is 298 g/mol. The summed E-state index contributed by atoms with van der Waals surface area (Å²) in [5.74, 6) is -0.150. The molecule has 20 heavy (non-hydrogen) atoms. The normalized spacial score (nSPS) is 15.8. The van der Waals surface area contributed by atoms with Crippen LogP contribution in [0.4, 0.5) is 0 Å². The van der Waals surface area contributed by atoms with E-state index >= 15 is 0 Å². The summed E-state index contributed by atoms with van der Waals surface area (Å²) in [6.45, 7) is 0. The van der Waals surface area contributed by atoms with Crippen molar-refractivity contribution in [3.8, 4) is 5.88 Å². The van der Waals surface area contributed by atoms with E-state index in [0.29, 0.717) is 15.6 Å². The molecule has 0 atom stereocenters. The van der Waals surface area contributed by atoms with Gasteiger partial charge in [-0.25, -0.2) is 0 Å². The van der Waals surface area contributed by atoms with Gasteiger partial charge in [0.2, 0.25) is 5.88 Å². The monoisotopic (exact) mass is 305 g/mol. The average Bonchev–Trinajstić information content (AvgIpc) is 2.98. The van der Waals surface area contributed by atoms with Gasteiger partial charge in [-0.2, -0.15) is 5.10 Å². The number of halogens is 1. The molecule has 1 aromatic carbocycles. The Labute approximate surface area is 122 Å². The molecule has 3 rings (SSSR count). The fraction of sp³-hybridized carbons (Fsp3) is 0. The second kappa shape index (κ2) is 5.07. The molecule has 2 heterocycles. The van der Waals surface area contributed by atoms with Gasteiger partial charge in [-0.05, 0) is 18.2 Å². The quantitative estimate of drug-likeness (QED) is 0.894. The second-order valence-electron chi connectivity index (χ2n) is 4.03. The van der Waals surface area contributed by atoms with Crippen molar-refractivity contribution in [2.24, 2.45) is 10.2 Å². The lowest BCUT2D eigenvalue weighted by atomic mass is 10.0. The summed E-state index contributed by atoms with van der Waals surface area (Å²) in [4.78, 5) is 13.6. The van der Waals surface area contributed by atoms with E-state index in [1.807, 2.05) is 12.1 Å². The first-order chi connectivity index (χ1) is 9.63. The standard InChI is InChI=1S/C13H8ClN3O2S/c14-9-3-1-7(2-4-9)11-8(6-15-17-11)5-10-12(18)16-13(19)20-10/h1-6,18H,(H,16,19)/b8-5-. The molecule has 0 bridgehead atoms. The molecule has 2 aromatic rings. The largest absolute Gasteiger partial charge is 0.493 e. The predicted octanol–water partition coefficient (Wildman–Crippen LogP) is 2.67. The van der Waals surface area contributed by atoms with Crippen LogP contribution in [-0.4, -0.2) is 22.0 Å². The molecule has 1 aromatic heterocycles. The van der Waals surface area contributed by atoms with Crippen LogP contribution in [0.2, 0.25) is 5.02 Å². The number of allylic oxidation sites excluding steroid dienone is 1. The van der Waals surface area contributed by atoms with E-state index < -0.39 is 0 Å². The smallest absolute Gasteiger partial charge is 0.307 e. The van der Waals surface area contributed by atoms with E-state index in [1.165, 1.54) is 0 Å². The van der Waals surface area contributed by atoms with Crippen molar-refractivity contribution < 1.29 is 5.11 Å². The molecule has 1 aliphatic rings. The summed E-state index contributed by atoms with van der Waals surface area (Å²) in [6, 6.07) is 7.20. The highest BCUT2D eigenvalue weighted by Gasteiger charge is 2.15. The van der Waals surface area contributed by atoms with Gasteiger partial charge in [-0.3, -0.25) is 9.78 Å². The Balaban J connectivity index is 2.00. The van der Waals surface area contributed by atoms with Crippen LogP contribution in [0.1, 0.15) is 10.4 Å². The van der Waals surface area contributed by atoms with Gasteiger partial charge < -0.3 is 5.11 Å². The Morgan fingerprint density at radius 2 is 2.05 bits per heavy atom. The molecule has 100 valence electrons. The van der Waals surface area contributed by atoms with Gasteiger partial charge in [-0.15, -0.1) is 5.10 Å². The number of aromatic amines is 1. The maximum Gasteiger partial charge on any atom is 0.307 e. The van der Waals surface area contributed by atoms with E-state index in [-0.39, 0.29) is 10.8 Å². The second-order valence-corrected chi connectivity index (χ2v) is 5.48. The van der Waals surface area contributed by atoms with Crippen LogP contribution in [0.15, 0.2) is 44.8 Å². The maximum absolute atomic E-state index is 11.2. The van der Waals surface area contributed by atoms with E-state index in [0.717, 1.165) is 22.5 Å². The van der Waals surface area contributed by atoms with Gasteiger partial charge >= 0.3 is 4.87 Å². The van der Waals surface area contributed by atoms with E-state index in [2.05, 4.69) is 15.2 Å². The van der Waals surface area contributed by atoms with Crippen LogP contribution in [0, 0.1) is 0 Å². The molecule has 0 saturated carbocycles. The van der Waals surface area contributed by atoms with Crippen molar-refractivity contribution in [1.29, 1.82) is 0 Å². The zero-order valence-electron chi connectivity index (χ0n) is 10.0. The Morgan fingerprint density at radius 3 is 2.70 bits per heavy atom. The first-order valence-corrected chi connectivity index (χ1v) is 6.84. The summed E-state index contributed by atoms with van der Waals surface area (Å²) < 4.78 is 0. The van der Waals surface area contributed by atoms with E-state index in [9.17, 15) is 9.90 Å². The van der Waals surface area contributed by atoms with Gasteiger partial charge in [0.1, 0.15) is 5.71 Å². The Hall–Kier alpha value is -2.18. The topological polar surface area (TPSA) is 77.8 Å². The number of thiazole rings is 1. The van der Waals surface area contributed by atoms with E-state index in [1.54, 1.807) is 24.4 Å². The Bertz CT molecular complexity index is 800. The van der Waals surface area contributed by atoms with Gasteiger partial charge in [0.15, 0.2) is 0 Å². The zero-order chi connectivity index (χ0) is 14.1. The van der Waals surface area contributed by atoms with Gasteiger partial charge in [0, 0.05) is 16.2 Å². The molecule has 1 aliphatic heterocycles. The highest BCUT2D eigenvalue weighted by atomic mass is 35.5. The minimum Gasteiger partial charge on any atom is -0.493 e. The fourth-order valence-electron chi connectivity index (χ4n) is 1.78. The number of nitrogens with zero attached hydrogens (tertiary/aromatic N) is 2. The molecule has 0 aliphatic carbocycles. The van der Waals surface area contributed by atoms with Gasteiger partial charge in [0.05, 0.1) is 11.1 Å². The molecule has 5 nitrogen and oxygen atoms in total. The molecule has 0 saturated heterocycles. The first kappa shape index (κ1) is 12.8. The molecule has 0 unspecified atom stereocenters. The summed E-state index contributed by atoms with van der Waals surface area (Å²) in [6.07, 6.45) is 3.25. The van der Waals surface area contributed by atoms with Gasteiger partial charge in [-0.1, -0.05) is 35.1 Å². The van der Waals surface area contributed by atoms with Crippen LogP contribution >= 0.6 is 22.9 Å². The molecule has 0 fully saturated rings. The molecule has 7 heteroatoms. The van der Waals surface area contributed by atoms with Gasteiger partial charge in [0.25, 0.3) is 0 Å². The third-order valence-corrected chi connectivity index (χ3v) is 3.76. The number of nitrogens with one attached hydrogen (secondary N) is 1. The van der Waals surface area contributed by atoms with Crippen molar-refractivity contribution in [1.82, 2.24) is 4.98 Å². The first-order valence-electron chi connectivity index (χ1n) is 5.64. The van der Waals surface area contributed by atoms with Crippen molar-refractivity contribution in [2.45, 2.75) is 0 Å². The van der Waals surface area contributed by atoms with Crippen LogP contribution in [0.25, 0.3) is 6.08 Å². The lowest BCUT2D eigenvalue weighted by molar-refractivity contribution is 0.455. The Kier molecular flexibility index (Phi) is 3.25. The van der Waals surface area contributed by atoms with Crippen molar-refractivity contribution in [3.63, 3.8) is 0 Å². The van der Waals surface area contributed by atoms with Crippen LogP contribution in [-0.2, 0) is 0 Å². The number of aromatic hydroxyl groups is 1. The molecular formula is C13H8ClN3O2S. The van der Waals surface area contributed by atoms with Crippen molar-refractivity contribution in [3.05, 3.63) is 55.0 Å². The third kappa shape index (κ3) is 2.43. The Morgan fingerprint density at radius 1 is 1.30 bits per heavy atom. The van der Waals surface area contributed by atoms with Crippen LogP contribution < -0.4 is 4.87 Å². The molecule has 0 amide bonds. The number of rotatable bonds is 2. The number of hydrogen-bond acceptors (Lipinski definition) is 5. The highest BCUT2D eigenvalue weighted by Crippen LogP contribution is 2.23. The third-order valence-electron chi connectivity index (χ3n) is 2.69. The summed E-state index contributed by atoms with van der Waals surface area (Å²) >= 11 is 6.78. The molecule has 0 spiro atoms. The summed E-state index contributed by atoms with van der Waals surface area (Å²) in [5.41, 5.74) is 2.25. The number of aromatic nitrogens is 1. The minimum absolute atomic E-state index is 0.150. The average molecular weight is 306 g/mol. The number of hydrogen-bond donors (Lipinski definition) is 2. The minimum atomic E-state index is -0.311. The SMILES string of the molecule is O=c1[nH]c(O)c(/C=C2/C=NN=C2c2ccc(Cl)cc2)s1. The lowest BCUT2D eigenvalue weighted by Crippen LogP contribution is -2.01. The summed E-state index contributed by atoms with van der Waals surface area (Å²) in [7, 11) is 0. The van der Waals surface area contributed by atoms with Crippen molar-refractivity contribution in [2.75, 3.05) is 0 Å². The van der Waals surface area contributed by atoms with Crippen LogP contribution in [0.5, 0.6) is 5.88 Å². The van der Waals surface area contributed by atoms with Crippen molar-refractivity contribution >= 4 is 40.9 Å². The lowest BCUT2D eigenvalue weighted by Gasteiger charge is -2.02. The molecule has 0 radical (unpaired) electrons. The number of benzene rings is 1. The zero-order valence-corrected chi connectivity index (χ0v) is 11.6. The fourth-order valence-corrected chi connectivity index (χ4v) is 2.58.